The summed E-state index contributed by atoms with van der Waals surface area (Å²) in [6, 6.07) is 0. The van der Waals surface area contributed by atoms with Crippen molar-refractivity contribution in [3.63, 3.8) is 0 Å². The summed E-state index contributed by atoms with van der Waals surface area (Å²) in [5.74, 6) is -0.352. The number of nitrogens with two attached hydrogens (primary N) is 1. The molecule has 0 heterocycles. The van der Waals surface area contributed by atoms with Gasteiger partial charge in [-0.25, -0.2) is 0 Å². The minimum absolute atomic E-state index is 0.0482. The number of carbonyl (C=O) groups is 1. The van der Waals surface area contributed by atoms with E-state index in [0.29, 0.717) is 5.41 Å². The summed E-state index contributed by atoms with van der Waals surface area (Å²) < 4.78 is 0. The Hall–Kier alpha value is -0.570. The highest BCUT2D eigenvalue weighted by Gasteiger charge is 2.25. The maximum atomic E-state index is 11.6. The lowest BCUT2D eigenvalue weighted by atomic mass is 9.83. The van der Waals surface area contributed by atoms with Gasteiger partial charge in [0, 0.05) is 12.5 Å². The molecule has 3 N–H and O–H groups in total. The molecule has 0 saturated carbocycles. The molecule has 3 nitrogen and oxygen atoms in total. The second-order valence-corrected chi connectivity index (χ2v) is 6.90. The molecule has 1 amide bonds. The zero-order valence-electron chi connectivity index (χ0n) is 13.2. The first kappa shape index (κ1) is 18.4. The average Bonchev–Trinajstić information content (AvgIpc) is 2.30. The summed E-state index contributed by atoms with van der Waals surface area (Å²) in [6.45, 7) is 8.90. The second kappa shape index (κ2) is 9.35. The van der Waals surface area contributed by atoms with Gasteiger partial charge in [-0.15, -0.1) is 0 Å². The SMILES string of the molecule is CCCCC(CO)C(CCCCC(C)(C)C)C(N)=O. The van der Waals surface area contributed by atoms with Crippen LogP contribution in [0.1, 0.15) is 72.6 Å². The van der Waals surface area contributed by atoms with E-state index in [1.165, 1.54) is 0 Å². The van der Waals surface area contributed by atoms with Crippen LogP contribution in [-0.2, 0) is 4.79 Å². The number of amides is 1. The number of rotatable bonds is 10. The highest BCUT2D eigenvalue weighted by atomic mass is 16.3. The average molecular weight is 271 g/mol. The van der Waals surface area contributed by atoms with Crippen LogP contribution < -0.4 is 5.73 Å². The van der Waals surface area contributed by atoms with Crippen molar-refractivity contribution >= 4 is 5.91 Å². The molecule has 19 heavy (non-hydrogen) atoms. The number of hydrogen-bond acceptors (Lipinski definition) is 2. The zero-order valence-corrected chi connectivity index (χ0v) is 13.2. The van der Waals surface area contributed by atoms with Crippen molar-refractivity contribution in [1.29, 1.82) is 0 Å². The van der Waals surface area contributed by atoms with Gasteiger partial charge in [-0.1, -0.05) is 53.4 Å². The van der Waals surface area contributed by atoms with E-state index in [4.69, 9.17) is 5.73 Å². The Balaban J connectivity index is 4.20. The molecule has 0 aliphatic heterocycles. The van der Waals surface area contributed by atoms with Crippen LogP contribution in [0.2, 0.25) is 0 Å². The molecule has 0 aliphatic rings. The van der Waals surface area contributed by atoms with Gasteiger partial charge >= 0.3 is 0 Å². The van der Waals surface area contributed by atoms with E-state index < -0.39 is 0 Å². The third-order valence-electron chi connectivity index (χ3n) is 3.79. The van der Waals surface area contributed by atoms with Gasteiger partial charge in [-0.3, -0.25) is 4.79 Å². The number of unbranched alkanes of at least 4 members (excludes halogenated alkanes) is 2. The Morgan fingerprint density at radius 2 is 1.79 bits per heavy atom. The fourth-order valence-electron chi connectivity index (χ4n) is 2.52. The summed E-state index contributed by atoms with van der Waals surface area (Å²) in [4.78, 5) is 11.6. The van der Waals surface area contributed by atoms with E-state index in [2.05, 4.69) is 27.7 Å². The van der Waals surface area contributed by atoms with Gasteiger partial charge in [-0.2, -0.15) is 0 Å². The normalized spacial score (nSPS) is 15.2. The van der Waals surface area contributed by atoms with Crippen molar-refractivity contribution in [2.24, 2.45) is 23.0 Å². The van der Waals surface area contributed by atoms with E-state index in [0.717, 1.165) is 44.9 Å². The molecule has 3 heteroatoms. The van der Waals surface area contributed by atoms with E-state index >= 15 is 0 Å². The maximum Gasteiger partial charge on any atom is 0.220 e. The van der Waals surface area contributed by atoms with E-state index in [1.807, 2.05) is 0 Å². The molecule has 0 aromatic rings. The fourth-order valence-corrected chi connectivity index (χ4v) is 2.52. The smallest absolute Gasteiger partial charge is 0.220 e. The highest BCUT2D eigenvalue weighted by Crippen LogP contribution is 2.26. The molecule has 0 aliphatic carbocycles. The van der Waals surface area contributed by atoms with Gasteiger partial charge in [0.25, 0.3) is 0 Å². The summed E-state index contributed by atoms with van der Waals surface area (Å²) >= 11 is 0. The minimum Gasteiger partial charge on any atom is -0.396 e. The maximum absolute atomic E-state index is 11.6. The Morgan fingerprint density at radius 1 is 1.16 bits per heavy atom. The summed E-state index contributed by atoms with van der Waals surface area (Å²) in [7, 11) is 0. The Morgan fingerprint density at radius 3 is 2.21 bits per heavy atom. The van der Waals surface area contributed by atoms with Gasteiger partial charge in [0.1, 0.15) is 0 Å². The first-order chi connectivity index (χ1) is 8.81. The largest absolute Gasteiger partial charge is 0.396 e. The molecule has 2 atom stereocenters. The second-order valence-electron chi connectivity index (χ2n) is 6.90. The van der Waals surface area contributed by atoms with Gasteiger partial charge in [0.05, 0.1) is 0 Å². The third kappa shape index (κ3) is 9.04. The molecule has 0 radical (unpaired) electrons. The van der Waals surface area contributed by atoms with E-state index in [-0.39, 0.29) is 24.3 Å². The Kier molecular flexibility index (Phi) is 9.07. The molecule has 114 valence electrons. The summed E-state index contributed by atoms with van der Waals surface area (Å²) in [5.41, 5.74) is 5.85. The van der Waals surface area contributed by atoms with Crippen LogP contribution in [0, 0.1) is 17.3 Å². The van der Waals surface area contributed by atoms with Gasteiger partial charge in [-0.05, 0) is 30.6 Å². The van der Waals surface area contributed by atoms with Crippen molar-refractivity contribution < 1.29 is 9.90 Å². The standard InChI is InChI=1S/C16H33NO2/c1-5-6-9-13(12-18)14(15(17)19)10-7-8-11-16(2,3)4/h13-14,18H,5-12H2,1-4H3,(H2,17,19). The first-order valence-corrected chi connectivity index (χ1v) is 7.72. The summed E-state index contributed by atoms with van der Waals surface area (Å²) in [6.07, 6.45) is 7.17. The predicted octanol–water partition coefficient (Wildman–Crippen LogP) is 3.49. The molecular formula is C16H33NO2. The predicted molar refractivity (Wildman–Crippen MR) is 80.7 cm³/mol. The van der Waals surface area contributed by atoms with Crippen molar-refractivity contribution in [3.8, 4) is 0 Å². The molecule has 0 bridgehead atoms. The lowest BCUT2D eigenvalue weighted by Crippen LogP contribution is -2.32. The number of aliphatic hydroxyl groups excluding tert-OH is 1. The van der Waals surface area contributed by atoms with Crippen LogP contribution >= 0.6 is 0 Å². The van der Waals surface area contributed by atoms with Gasteiger partial charge < -0.3 is 10.8 Å². The quantitative estimate of drug-likeness (QED) is 0.597. The van der Waals surface area contributed by atoms with Crippen LogP contribution in [0.4, 0.5) is 0 Å². The molecule has 0 fully saturated rings. The lowest BCUT2D eigenvalue weighted by molar-refractivity contribution is -0.124. The summed E-state index contributed by atoms with van der Waals surface area (Å²) in [5, 5.41) is 9.45. The van der Waals surface area contributed by atoms with Crippen LogP contribution in [0.15, 0.2) is 0 Å². The van der Waals surface area contributed by atoms with Crippen molar-refractivity contribution in [3.05, 3.63) is 0 Å². The first-order valence-electron chi connectivity index (χ1n) is 7.72. The molecule has 2 unspecified atom stereocenters. The van der Waals surface area contributed by atoms with Crippen LogP contribution in [0.3, 0.4) is 0 Å². The van der Waals surface area contributed by atoms with E-state index in [1.54, 1.807) is 0 Å². The fraction of sp³-hybridized carbons (Fsp3) is 0.938. The zero-order chi connectivity index (χ0) is 14.9. The lowest BCUT2D eigenvalue weighted by Gasteiger charge is -2.24. The highest BCUT2D eigenvalue weighted by molar-refractivity contribution is 5.76. The van der Waals surface area contributed by atoms with Crippen LogP contribution in [0.5, 0.6) is 0 Å². The van der Waals surface area contributed by atoms with E-state index in [9.17, 15) is 9.90 Å². The molecular weight excluding hydrogens is 238 g/mol. The van der Waals surface area contributed by atoms with Gasteiger partial charge in [0.15, 0.2) is 0 Å². The molecule has 0 saturated heterocycles. The molecule has 0 rings (SSSR count). The number of aliphatic hydroxyl groups is 1. The Labute approximate surface area is 119 Å². The molecule has 0 aromatic carbocycles. The monoisotopic (exact) mass is 271 g/mol. The van der Waals surface area contributed by atoms with Gasteiger partial charge in [0.2, 0.25) is 5.91 Å². The van der Waals surface area contributed by atoms with Crippen molar-refractivity contribution in [1.82, 2.24) is 0 Å². The number of hydrogen-bond donors (Lipinski definition) is 2. The minimum atomic E-state index is -0.245. The Bertz CT molecular complexity index is 246. The van der Waals surface area contributed by atoms with Crippen LogP contribution in [-0.4, -0.2) is 17.6 Å². The van der Waals surface area contributed by atoms with Crippen molar-refractivity contribution in [2.45, 2.75) is 72.6 Å². The van der Waals surface area contributed by atoms with Crippen molar-refractivity contribution in [2.75, 3.05) is 6.61 Å². The topological polar surface area (TPSA) is 63.3 Å². The molecule has 0 aromatic heterocycles. The molecule has 0 spiro atoms. The third-order valence-corrected chi connectivity index (χ3v) is 3.79. The number of carbonyl (C=O) groups excluding carboxylic acids is 1. The van der Waals surface area contributed by atoms with Crippen LogP contribution in [0.25, 0.3) is 0 Å². The number of primary amides is 1.